The molecule has 2 aliphatic heterocycles. The lowest BCUT2D eigenvalue weighted by Gasteiger charge is -2.44. The molecular weight excluding hydrogens is 264 g/mol. The molecule has 122 valence electrons. The van der Waals surface area contributed by atoms with Crippen molar-refractivity contribution in [1.82, 2.24) is 9.80 Å². The molecule has 2 N–H and O–H groups in total. The van der Waals surface area contributed by atoms with Gasteiger partial charge in [0, 0.05) is 32.2 Å². The minimum absolute atomic E-state index is 0.121. The highest BCUT2D eigenvalue weighted by molar-refractivity contribution is 4.89. The van der Waals surface area contributed by atoms with Crippen LogP contribution in [0.15, 0.2) is 0 Å². The molecular formula is C17H32N2O2. The smallest absolute Gasteiger partial charge is 0.0822 e. The zero-order valence-electron chi connectivity index (χ0n) is 13.3. The molecule has 2 saturated heterocycles. The molecule has 0 bridgehead atoms. The minimum atomic E-state index is -0.211. The maximum absolute atomic E-state index is 10.5. The number of aliphatic hydroxyl groups excluding tert-OH is 2. The van der Waals surface area contributed by atoms with Gasteiger partial charge in [-0.2, -0.15) is 0 Å². The largest absolute Gasteiger partial charge is 0.393 e. The predicted octanol–water partition coefficient (Wildman–Crippen LogP) is 1.46. The number of rotatable bonds is 3. The van der Waals surface area contributed by atoms with Crippen molar-refractivity contribution >= 4 is 0 Å². The lowest BCUT2D eigenvalue weighted by molar-refractivity contribution is -0.0373. The fourth-order valence-corrected chi connectivity index (χ4v) is 4.53. The lowest BCUT2D eigenvalue weighted by Crippen LogP contribution is -2.56. The van der Waals surface area contributed by atoms with E-state index in [9.17, 15) is 10.2 Å². The van der Waals surface area contributed by atoms with E-state index >= 15 is 0 Å². The van der Waals surface area contributed by atoms with E-state index in [0.29, 0.717) is 6.04 Å². The molecule has 21 heavy (non-hydrogen) atoms. The number of likely N-dealkylation sites (tertiary alicyclic amines) is 2. The number of aliphatic hydroxyl groups is 2. The summed E-state index contributed by atoms with van der Waals surface area (Å²) in [5.41, 5.74) is 0. The van der Waals surface area contributed by atoms with Crippen LogP contribution in [0.3, 0.4) is 0 Å². The molecule has 2 heterocycles. The molecule has 2 atom stereocenters. The van der Waals surface area contributed by atoms with Crippen molar-refractivity contribution in [3.8, 4) is 0 Å². The summed E-state index contributed by atoms with van der Waals surface area (Å²) in [6, 6.07) is 0.320. The first-order valence-electron chi connectivity index (χ1n) is 9.05. The molecule has 3 aliphatic rings. The summed E-state index contributed by atoms with van der Waals surface area (Å²) < 4.78 is 0. The van der Waals surface area contributed by atoms with Gasteiger partial charge in [0.05, 0.1) is 12.2 Å². The zero-order valence-corrected chi connectivity index (χ0v) is 13.3. The highest BCUT2D eigenvalue weighted by Crippen LogP contribution is 2.27. The average molecular weight is 296 g/mol. The maximum atomic E-state index is 10.5. The van der Waals surface area contributed by atoms with Gasteiger partial charge in [-0.1, -0.05) is 19.3 Å². The summed E-state index contributed by atoms with van der Waals surface area (Å²) >= 11 is 0. The Morgan fingerprint density at radius 2 is 1.52 bits per heavy atom. The Hall–Kier alpha value is -0.160. The highest BCUT2D eigenvalue weighted by Gasteiger charge is 2.34. The Kier molecular flexibility index (Phi) is 5.54. The van der Waals surface area contributed by atoms with E-state index in [2.05, 4.69) is 9.80 Å². The molecule has 0 amide bonds. The first-order valence-corrected chi connectivity index (χ1v) is 9.05. The standard InChI is InChI=1S/C17H32N2O2/c20-15-6-10-19(11-7-15)16-8-9-18(13-17(16)21)12-14-4-2-1-3-5-14/h14-17,20-21H,1-13H2/t16-,17-/m1/s1. The van der Waals surface area contributed by atoms with Gasteiger partial charge in [0.2, 0.25) is 0 Å². The number of β-amino-alcohol motifs (C(OH)–C–C–N with tert-alkyl or cyclic N) is 1. The monoisotopic (exact) mass is 296 g/mol. The molecule has 0 aromatic heterocycles. The second-order valence-corrected chi connectivity index (χ2v) is 7.45. The van der Waals surface area contributed by atoms with Crippen molar-refractivity contribution < 1.29 is 10.2 Å². The van der Waals surface area contributed by atoms with Gasteiger partial charge in [0.1, 0.15) is 0 Å². The van der Waals surface area contributed by atoms with Gasteiger partial charge >= 0.3 is 0 Å². The SMILES string of the molecule is OC1CCN([C@@H]2CCN(CC3CCCCC3)C[C@H]2O)CC1. The third kappa shape index (κ3) is 4.19. The van der Waals surface area contributed by atoms with Crippen LogP contribution in [0.25, 0.3) is 0 Å². The number of hydrogen-bond donors (Lipinski definition) is 2. The molecule has 0 unspecified atom stereocenters. The summed E-state index contributed by atoms with van der Waals surface area (Å²) in [6.07, 6.45) is 9.50. The molecule has 4 heteroatoms. The van der Waals surface area contributed by atoms with Crippen molar-refractivity contribution in [3.05, 3.63) is 0 Å². The topological polar surface area (TPSA) is 46.9 Å². The Morgan fingerprint density at radius 3 is 2.19 bits per heavy atom. The van der Waals surface area contributed by atoms with Gasteiger partial charge in [-0.3, -0.25) is 4.90 Å². The van der Waals surface area contributed by atoms with E-state index in [1.165, 1.54) is 38.6 Å². The predicted molar refractivity (Wildman–Crippen MR) is 84.2 cm³/mol. The molecule has 3 fully saturated rings. The quantitative estimate of drug-likeness (QED) is 0.828. The van der Waals surface area contributed by atoms with E-state index in [0.717, 1.165) is 51.4 Å². The van der Waals surface area contributed by atoms with E-state index in [1.54, 1.807) is 0 Å². The van der Waals surface area contributed by atoms with Gasteiger partial charge in [-0.05, 0) is 44.6 Å². The van der Waals surface area contributed by atoms with Gasteiger partial charge in [0.25, 0.3) is 0 Å². The van der Waals surface area contributed by atoms with Crippen molar-refractivity contribution in [2.24, 2.45) is 5.92 Å². The fourth-order valence-electron chi connectivity index (χ4n) is 4.53. The number of hydrogen-bond acceptors (Lipinski definition) is 4. The van der Waals surface area contributed by atoms with Crippen molar-refractivity contribution in [2.45, 2.75) is 69.6 Å². The first-order chi connectivity index (χ1) is 10.2. The molecule has 0 aromatic carbocycles. The highest BCUT2D eigenvalue weighted by atomic mass is 16.3. The zero-order chi connectivity index (χ0) is 14.7. The van der Waals surface area contributed by atoms with Crippen LogP contribution in [0, 0.1) is 5.92 Å². The molecule has 1 aliphatic carbocycles. The van der Waals surface area contributed by atoms with Crippen LogP contribution < -0.4 is 0 Å². The van der Waals surface area contributed by atoms with Crippen LogP contribution in [0.5, 0.6) is 0 Å². The van der Waals surface area contributed by atoms with Crippen molar-refractivity contribution in [2.75, 3.05) is 32.7 Å². The van der Waals surface area contributed by atoms with E-state index in [-0.39, 0.29) is 12.2 Å². The first kappa shape index (κ1) is 15.7. The normalized spacial score (nSPS) is 35.1. The summed E-state index contributed by atoms with van der Waals surface area (Å²) in [5.74, 6) is 0.868. The average Bonchev–Trinajstić information content (AvgIpc) is 2.50. The van der Waals surface area contributed by atoms with Crippen molar-refractivity contribution in [1.29, 1.82) is 0 Å². The van der Waals surface area contributed by atoms with Crippen LogP contribution in [-0.4, -0.2) is 71.0 Å². The van der Waals surface area contributed by atoms with E-state index in [1.807, 2.05) is 0 Å². The molecule has 3 rings (SSSR count). The Balaban J connectivity index is 1.45. The summed E-state index contributed by atoms with van der Waals surface area (Å²) in [7, 11) is 0. The van der Waals surface area contributed by atoms with Crippen LogP contribution in [0.4, 0.5) is 0 Å². The van der Waals surface area contributed by atoms with Gasteiger partial charge in [-0.15, -0.1) is 0 Å². The van der Waals surface area contributed by atoms with Crippen LogP contribution in [0.1, 0.15) is 51.4 Å². The lowest BCUT2D eigenvalue weighted by atomic mass is 9.88. The van der Waals surface area contributed by atoms with Crippen LogP contribution in [-0.2, 0) is 0 Å². The fraction of sp³-hybridized carbons (Fsp3) is 1.00. The van der Waals surface area contributed by atoms with E-state index in [4.69, 9.17) is 0 Å². The molecule has 1 saturated carbocycles. The molecule has 4 nitrogen and oxygen atoms in total. The number of nitrogens with zero attached hydrogens (tertiary/aromatic N) is 2. The third-order valence-electron chi connectivity index (χ3n) is 5.84. The van der Waals surface area contributed by atoms with E-state index < -0.39 is 0 Å². The third-order valence-corrected chi connectivity index (χ3v) is 5.84. The Morgan fingerprint density at radius 1 is 0.810 bits per heavy atom. The Bertz CT molecular complexity index is 312. The number of piperidine rings is 2. The molecule has 0 radical (unpaired) electrons. The van der Waals surface area contributed by atoms with Crippen molar-refractivity contribution in [3.63, 3.8) is 0 Å². The van der Waals surface area contributed by atoms with Crippen LogP contribution >= 0.6 is 0 Å². The molecule has 0 spiro atoms. The summed E-state index contributed by atoms with van der Waals surface area (Å²) in [4.78, 5) is 4.91. The Labute approximate surface area is 129 Å². The van der Waals surface area contributed by atoms with Gasteiger partial charge < -0.3 is 15.1 Å². The second kappa shape index (κ2) is 7.40. The minimum Gasteiger partial charge on any atom is -0.393 e. The summed E-state index contributed by atoms with van der Waals surface area (Å²) in [6.45, 7) is 5.08. The summed E-state index contributed by atoms with van der Waals surface area (Å²) in [5, 5.41) is 20.2. The molecule has 0 aromatic rings. The van der Waals surface area contributed by atoms with Crippen LogP contribution in [0.2, 0.25) is 0 Å². The van der Waals surface area contributed by atoms with Gasteiger partial charge in [0.15, 0.2) is 0 Å². The van der Waals surface area contributed by atoms with Gasteiger partial charge in [-0.25, -0.2) is 0 Å². The second-order valence-electron chi connectivity index (χ2n) is 7.45. The maximum Gasteiger partial charge on any atom is 0.0822 e.